The summed E-state index contributed by atoms with van der Waals surface area (Å²) < 4.78 is 42.1. The number of halogens is 4. The van der Waals surface area contributed by atoms with Crippen molar-refractivity contribution in [2.45, 2.75) is 32.0 Å². The maximum Gasteiger partial charge on any atom is 0.387 e. The Morgan fingerprint density at radius 2 is 1.73 bits per heavy atom. The molecule has 1 heterocycles. The molecule has 1 saturated carbocycles. The van der Waals surface area contributed by atoms with Crippen LogP contribution in [-0.2, 0) is 11.2 Å². The predicted octanol–water partition coefficient (Wildman–Crippen LogP) is 5.97. The number of aromatic nitrogens is 1. The molecule has 3 aromatic rings. The summed E-state index contributed by atoms with van der Waals surface area (Å²) in [4.78, 5) is 26.7. The zero-order valence-corrected chi connectivity index (χ0v) is 20.8. The number of hydrogen-bond donors (Lipinski definition) is 0. The van der Waals surface area contributed by atoms with Gasteiger partial charge in [-0.2, -0.15) is 8.78 Å². The van der Waals surface area contributed by atoms with Gasteiger partial charge in [0.05, 0.1) is 12.2 Å². The van der Waals surface area contributed by atoms with E-state index in [0.29, 0.717) is 45.5 Å². The fourth-order valence-electron chi connectivity index (χ4n) is 3.50. The molecule has 0 bridgehead atoms. The Morgan fingerprint density at radius 1 is 1.05 bits per heavy atom. The van der Waals surface area contributed by atoms with Gasteiger partial charge in [-0.3, -0.25) is 4.79 Å². The second kappa shape index (κ2) is 12.8. The van der Waals surface area contributed by atoms with Crippen LogP contribution in [0.15, 0.2) is 54.9 Å². The van der Waals surface area contributed by atoms with Gasteiger partial charge in [-0.15, -0.1) is 0 Å². The van der Waals surface area contributed by atoms with E-state index in [1.165, 1.54) is 42.5 Å². The molecule has 0 saturated heterocycles. The van der Waals surface area contributed by atoms with Gasteiger partial charge in [-0.25, -0.2) is 9.78 Å². The molecule has 1 aliphatic carbocycles. The Balaban J connectivity index is 0.00000380. The number of aromatic amines is 1. The molecular weight excluding hydrogens is 531 g/mol. The first-order chi connectivity index (χ1) is 17.3. The van der Waals surface area contributed by atoms with E-state index in [1.54, 1.807) is 12.4 Å². The first kappa shape index (κ1) is 28.3. The van der Waals surface area contributed by atoms with E-state index in [9.17, 15) is 18.4 Å². The molecule has 0 amide bonds. The number of rotatable bonds is 11. The Bertz CT molecular complexity index is 1220. The van der Waals surface area contributed by atoms with Crippen molar-refractivity contribution in [3.05, 3.63) is 87.2 Å². The van der Waals surface area contributed by atoms with E-state index in [4.69, 9.17) is 32.7 Å². The first-order valence-electron chi connectivity index (χ1n) is 11.2. The van der Waals surface area contributed by atoms with E-state index in [0.717, 1.165) is 12.8 Å². The first-order valence-corrected chi connectivity index (χ1v) is 11.9. The Kier molecular flexibility index (Phi) is 9.79. The van der Waals surface area contributed by atoms with Gasteiger partial charge in [-0.1, -0.05) is 41.4 Å². The maximum atomic E-state index is 13.0. The third-order valence-corrected chi connectivity index (χ3v) is 6.32. The van der Waals surface area contributed by atoms with Gasteiger partial charge in [0.1, 0.15) is 22.4 Å². The maximum absolute atomic E-state index is 13.0. The van der Waals surface area contributed by atoms with Gasteiger partial charge in [-0.05, 0) is 48.6 Å². The average molecular weight is 554 g/mol. The summed E-state index contributed by atoms with van der Waals surface area (Å²) in [5.41, 5.74) is 1.64. The van der Waals surface area contributed by atoms with Crippen LogP contribution >= 0.6 is 23.2 Å². The molecule has 1 aromatic heterocycles. The lowest BCUT2D eigenvalue weighted by molar-refractivity contribution is -0.377. The Morgan fingerprint density at radius 3 is 2.32 bits per heavy atom. The number of ether oxygens (including phenoxy) is 3. The molecule has 2 aromatic carbocycles. The minimum Gasteiger partial charge on any atom is -0.870 e. The molecule has 37 heavy (non-hydrogen) atoms. The normalized spacial score (nSPS) is 13.4. The Labute approximate surface area is 221 Å². The molecule has 0 unspecified atom stereocenters. The molecule has 0 radical (unpaired) electrons. The molecule has 1 fully saturated rings. The molecule has 2 N–H and O–H groups in total. The van der Waals surface area contributed by atoms with Crippen LogP contribution in [0.25, 0.3) is 0 Å². The highest BCUT2D eigenvalue weighted by atomic mass is 35.5. The van der Waals surface area contributed by atoms with E-state index < -0.39 is 18.7 Å². The molecule has 7 nitrogen and oxygen atoms in total. The highest BCUT2D eigenvalue weighted by Crippen LogP contribution is 2.38. The van der Waals surface area contributed by atoms with Gasteiger partial charge in [0.2, 0.25) is 0 Å². The van der Waals surface area contributed by atoms with Crippen molar-refractivity contribution < 1.29 is 43.0 Å². The van der Waals surface area contributed by atoms with Gasteiger partial charge in [0, 0.05) is 17.5 Å². The highest BCUT2D eigenvalue weighted by molar-refractivity contribution is 6.35. The summed E-state index contributed by atoms with van der Waals surface area (Å²) in [6.45, 7) is -2.66. The fraction of sp³-hybridized carbons (Fsp3) is 0.269. The van der Waals surface area contributed by atoms with Gasteiger partial charge < -0.3 is 19.7 Å². The average Bonchev–Trinajstić information content (AvgIpc) is 3.69. The quantitative estimate of drug-likeness (QED) is 0.214. The molecule has 196 valence electrons. The summed E-state index contributed by atoms with van der Waals surface area (Å²) in [5, 5.41) is 0.670. The van der Waals surface area contributed by atoms with Crippen LogP contribution < -0.4 is 14.5 Å². The molecule has 4 rings (SSSR count). The van der Waals surface area contributed by atoms with Crippen molar-refractivity contribution in [1.29, 1.82) is 0 Å². The van der Waals surface area contributed by atoms with E-state index >= 15 is 0 Å². The van der Waals surface area contributed by atoms with Gasteiger partial charge in [0.25, 0.3) is 0 Å². The van der Waals surface area contributed by atoms with Crippen LogP contribution in [0, 0.1) is 5.92 Å². The van der Waals surface area contributed by atoms with Crippen molar-refractivity contribution >= 4 is 35.5 Å². The summed E-state index contributed by atoms with van der Waals surface area (Å²) >= 11 is 12.7. The Hall–Kier alpha value is -3.27. The number of esters is 1. The van der Waals surface area contributed by atoms with E-state index in [1.807, 2.05) is 0 Å². The molecule has 0 aliphatic heterocycles. The molecule has 0 spiro atoms. The lowest BCUT2D eigenvalue weighted by Crippen LogP contribution is -2.16. The van der Waals surface area contributed by atoms with Crippen LogP contribution in [-0.4, -0.2) is 31.0 Å². The van der Waals surface area contributed by atoms with Crippen LogP contribution in [0.2, 0.25) is 10.0 Å². The smallest absolute Gasteiger partial charge is 0.387 e. The summed E-state index contributed by atoms with van der Waals surface area (Å²) in [6.07, 6.45) is 4.98. The van der Waals surface area contributed by atoms with Crippen molar-refractivity contribution in [3.8, 4) is 11.5 Å². The molecule has 1 atom stereocenters. The van der Waals surface area contributed by atoms with E-state index in [-0.39, 0.29) is 29.0 Å². The number of carbonyl (C=O) groups is 2. The zero-order valence-electron chi connectivity index (χ0n) is 19.3. The molecule has 1 aliphatic rings. The van der Waals surface area contributed by atoms with Crippen LogP contribution in [0.3, 0.4) is 0 Å². The van der Waals surface area contributed by atoms with Crippen molar-refractivity contribution in [2.24, 2.45) is 5.92 Å². The second-order valence-corrected chi connectivity index (χ2v) is 9.12. The number of carbonyl (C=O) groups excluding carboxylic acids is 2. The molecule has 11 heteroatoms. The second-order valence-electron chi connectivity index (χ2n) is 8.31. The van der Waals surface area contributed by atoms with Gasteiger partial charge in [0.15, 0.2) is 23.9 Å². The van der Waals surface area contributed by atoms with Gasteiger partial charge >= 0.3 is 12.6 Å². The highest BCUT2D eigenvalue weighted by Gasteiger charge is 2.26. The SMILES string of the molecule is O=Cc1ccc(C(=O)O[C@@H](Cc2c(Cl)c[nH+]cc2Cl)c2ccc(OC(F)F)c(OCC3CC3)c2)cc1.[OH-]. The summed E-state index contributed by atoms with van der Waals surface area (Å²) in [6, 6.07) is 10.3. The zero-order chi connectivity index (χ0) is 25.7. The predicted molar refractivity (Wildman–Crippen MR) is 130 cm³/mol. The number of nitrogens with one attached hydrogen (secondary N) is 1. The summed E-state index contributed by atoms with van der Waals surface area (Å²) in [5.74, 6) is -0.279. The number of aldehydes is 1. The van der Waals surface area contributed by atoms with Crippen molar-refractivity contribution in [3.63, 3.8) is 0 Å². The third kappa shape index (κ3) is 7.61. The fourth-order valence-corrected chi connectivity index (χ4v) is 4.03. The standard InChI is InChI=1S/C26H21Cl2F2NO5.H2O/c27-20-11-31-12-21(28)19(20)10-23(35-25(33)17-5-3-15(13-32)4-6-17)18-7-8-22(36-26(29)30)24(9-18)34-14-16-1-2-16;/h3-9,11-13,16,23,26H,1-2,10,14H2;1H2/t23-;/m0./s1. The monoisotopic (exact) mass is 553 g/mol. The van der Waals surface area contributed by atoms with Crippen LogP contribution in [0.5, 0.6) is 11.5 Å². The lowest BCUT2D eigenvalue weighted by Gasteiger charge is -2.21. The third-order valence-electron chi connectivity index (χ3n) is 5.65. The topological polar surface area (TPSA) is 106 Å². The number of alkyl halides is 2. The lowest BCUT2D eigenvalue weighted by atomic mass is 10.0. The number of benzene rings is 2. The summed E-state index contributed by atoms with van der Waals surface area (Å²) in [7, 11) is 0. The number of H-pyrrole nitrogens is 1. The van der Waals surface area contributed by atoms with E-state index in [2.05, 4.69) is 9.72 Å². The minimum absolute atomic E-state index is 0. The molecular formula is C26H23Cl2F2NO6. The largest absolute Gasteiger partial charge is 0.870 e. The van der Waals surface area contributed by atoms with Crippen molar-refractivity contribution in [1.82, 2.24) is 0 Å². The minimum atomic E-state index is -3.03. The number of pyridine rings is 1. The van der Waals surface area contributed by atoms with Crippen molar-refractivity contribution in [2.75, 3.05) is 6.61 Å². The number of hydrogen-bond acceptors (Lipinski definition) is 6. The van der Waals surface area contributed by atoms with Crippen LogP contribution in [0.1, 0.15) is 50.8 Å². The van der Waals surface area contributed by atoms with Crippen LogP contribution in [0.4, 0.5) is 8.78 Å².